The summed E-state index contributed by atoms with van der Waals surface area (Å²) in [6.45, 7) is 5.47. The van der Waals surface area contributed by atoms with E-state index in [1.807, 2.05) is 19.2 Å². The van der Waals surface area contributed by atoms with Crippen LogP contribution in [0.1, 0.15) is 11.3 Å². The number of aromatic nitrogens is 1. The molecule has 0 amide bonds. The van der Waals surface area contributed by atoms with Gasteiger partial charge in [0, 0.05) is 44.6 Å². The van der Waals surface area contributed by atoms with Gasteiger partial charge >= 0.3 is 0 Å². The maximum Gasteiger partial charge on any atom is 0.0418 e. The van der Waals surface area contributed by atoms with E-state index in [0.717, 1.165) is 30.5 Å². The molecular weight excluding hydrogens is 193 g/mol. The van der Waals surface area contributed by atoms with Crippen LogP contribution in [0.4, 0.5) is 4.48 Å². The van der Waals surface area contributed by atoms with E-state index in [2.05, 4.69) is 16.0 Å². The van der Waals surface area contributed by atoms with Crippen molar-refractivity contribution in [1.82, 2.24) is 15.0 Å². The molecule has 1 aromatic rings. The first-order valence-corrected chi connectivity index (χ1v) is 5.28. The number of pyridine rings is 1. The maximum absolute atomic E-state index is 12.7. The molecule has 1 saturated heterocycles. The molecule has 0 aliphatic carbocycles. The summed E-state index contributed by atoms with van der Waals surface area (Å²) >= 11 is 0. The monoisotopic (exact) mass is 209 g/mol. The average molecular weight is 209 g/mol. The fourth-order valence-electron chi connectivity index (χ4n) is 1.73. The maximum atomic E-state index is 12.7. The van der Waals surface area contributed by atoms with Gasteiger partial charge in [0.25, 0.3) is 0 Å². The quantitative estimate of drug-likeness (QED) is 0.686. The van der Waals surface area contributed by atoms with Gasteiger partial charge in [0.05, 0.1) is 0 Å². The zero-order chi connectivity index (χ0) is 10.7. The van der Waals surface area contributed by atoms with Crippen molar-refractivity contribution in [3.63, 3.8) is 0 Å². The number of rotatable bonds is 2. The van der Waals surface area contributed by atoms with Crippen LogP contribution in [0.3, 0.4) is 0 Å². The van der Waals surface area contributed by atoms with Gasteiger partial charge in [-0.25, -0.2) is 0 Å². The molecule has 0 spiro atoms. The Bertz CT molecular complexity index is 304. The Morgan fingerprint density at radius 1 is 1.27 bits per heavy atom. The van der Waals surface area contributed by atoms with Gasteiger partial charge in [-0.2, -0.15) is 0 Å². The molecule has 1 fully saturated rings. The van der Waals surface area contributed by atoms with E-state index in [1.165, 1.54) is 5.56 Å². The highest BCUT2D eigenvalue weighted by molar-refractivity contribution is 5.13. The highest BCUT2D eigenvalue weighted by Gasteiger charge is 2.15. The second kappa shape index (κ2) is 4.68. The number of aryl methyl sites for hydroxylation is 1. The van der Waals surface area contributed by atoms with Gasteiger partial charge in [0.1, 0.15) is 0 Å². The molecule has 0 saturated carbocycles. The summed E-state index contributed by atoms with van der Waals surface area (Å²) < 4.78 is 12.7. The van der Waals surface area contributed by atoms with E-state index in [-0.39, 0.29) is 0 Å². The molecule has 82 valence electrons. The first-order chi connectivity index (χ1) is 7.24. The molecule has 2 heterocycles. The number of hydrogen-bond acceptors (Lipinski definition) is 3. The summed E-state index contributed by atoms with van der Waals surface area (Å²) in [7, 11) is 0. The summed E-state index contributed by atoms with van der Waals surface area (Å²) in [5, 5.41) is 0.879. The molecule has 0 radical (unpaired) electrons. The third kappa shape index (κ3) is 2.97. The van der Waals surface area contributed by atoms with Crippen LogP contribution in [0.15, 0.2) is 18.3 Å². The van der Waals surface area contributed by atoms with E-state index in [1.54, 1.807) is 0 Å². The van der Waals surface area contributed by atoms with Crippen LogP contribution >= 0.6 is 0 Å². The molecule has 0 unspecified atom stereocenters. The highest BCUT2D eigenvalue weighted by atomic mass is 19.2. The molecule has 0 aromatic carbocycles. The SMILES string of the molecule is Cc1ccc(CN2CCN(F)CC2)cn1. The Kier molecular flexibility index (Phi) is 3.28. The zero-order valence-corrected chi connectivity index (χ0v) is 8.99. The molecule has 0 atom stereocenters. The predicted molar refractivity (Wildman–Crippen MR) is 56.9 cm³/mol. The topological polar surface area (TPSA) is 19.4 Å². The lowest BCUT2D eigenvalue weighted by Crippen LogP contribution is -2.42. The third-order valence-corrected chi connectivity index (χ3v) is 2.70. The van der Waals surface area contributed by atoms with E-state index in [4.69, 9.17) is 0 Å². The number of hydrogen-bond donors (Lipinski definition) is 0. The Balaban J connectivity index is 1.89. The largest absolute Gasteiger partial charge is 0.296 e. The van der Waals surface area contributed by atoms with Crippen molar-refractivity contribution >= 4 is 0 Å². The minimum Gasteiger partial charge on any atom is -0.296 e. The first kappa shape index (κ1) is 10.5. The van der Waals surface area contributed by atoms with Crippen LogP contribution in [0.25, 0.3) is 0 Å². The zero-order valence-electron chi connectivity index (χ0n) is 8.99. The normalized spacial score (nSPS) is 19.3. The van der Waals surface area contributed by atoms with Gasteiger partial charge in [-0.1, -0.05) is 6.07 Å². The van der Waals surface area contributed by atoms with E-state index < -0.39 is 0 Å². The minimum atomic E-state index is 0.513. The lowest BCUT2D eigenvalue weighted by molar-refractivity contribution is -0.0235. The third-order valence-electron chi connectivity index (χ3n) is 2.70. The lowest BCUT2D eigenvalue weighted by Gasteiger charge is -2.29. The number of halogens is 1. The van der Waals surface area contributed by atoms with Gasteiger partial charge in [-0.15, -0.1) is 9.60 Å². The Morgan fingerprint density at radius 2 is 2.00 bits per heavy atom. The summed E-state index contributed by atoms with van der Waals surface area (Å²) in [5.74, 6) is 0. The smallest absolute Gasteiger partial charge is 0.0418 e. The number of piperazine rings is 1. The molecule has 0 bridgehead atoms. The summed E-state index contributed by atoms with van der Waals surface area (Å²) in [6.07, 6.45) is 1.90. The van der Waals surface area contributed by atoms with Gasteiger partial charge in [0.15, 0.2) is 0 Å². The molecule has 4 heteroatoms. The molecule has 15 heavy (non-hydrogen) atoms. The van der Waals surface area contributed by atoms with Gasteiger partial charge < -0.3 is 0 Å². The summed E-state index contributed by atoms with van der Waals surface area (Å²) in [5.41, 5.74) is 2.24. The fraction of sp³-hybridized carbons (Fsp3) is 0.545. The van der Waals surface area contributed by atoms with Crippen LogP contribution in [-0.2, 0) is 6.54 Å². The molecule has 3 nitrogen and oxygen atoms in total. The van der Waals surface area contributed by atoms with Gasteiger partial charge in [0.2, 0.25) is 0 Å². The fourth-order valence-corrected chi connectivity index (χ4v) is 1.73. The molecule has 2 rings (SSSR count). The standard InChI is InChI=1S/C11H16FN3/c1-10-2-3-11(8-13-10)9-14-4-6-15(12)7-5-14/h2-3,8H,4-7,9H2,1H3. The van der Waals surface area contributed by atoms with E-state index in [0.29, 0.717) is 13.1 Å². The van der Waals surface area contributed by atoms with Crippen LogP contribution in [0, 0.1) is 6.92 Å². The second-order valence-electron chi connectivity index (χ2n) is 3.99. The van der Waals surface area contributed by atoms with Crippen molar-refractivity contribution in [1.29, 1.82) is 0 Å². The van der Waals surface area contributed by atoms with Crippen molar-refractivity contribution in [2.75, 3.05) is 26.2 Å². The second-order valence-corrected chi connectivity index (χ2v) is 3.99. The van der Waals surface area contributed by atoms with Crippen LogP contribution < -0.4 is 0 Å². The predicted octanol–water partition coefficient (Wildman–Crippen LogP) is 1.39. The molecular formula is C11H16FN3. The Morgan fingerprint density at radius 3 is 2.60 bits per heavy atom. The van der Waals surface area contributed by atoms with Crippen LogP contribution in [0.2, 0.25) is 0 Å². The molecule has 1 aliphatic rings. The lowest BCUT2D eigenvalue weighted by atomic mass is 10.2. The Labute approximate surface area is 89.5 Å². The van der Waals surface area contributed by atoms with Gasteiger partial charge in [-0.3, -0.25) is 9.88 Å². The van der Waals surface area contributed by atoms with Crippen molar-refractivity contribution in [3.8, 4) is 0 Å². The first-order valence-electron chi connectivity index (χ1n) is 5.28. The minimum absolute atomic E-state index is 0.513. The Hall–Kier alpha value is -1.00. The van der Waals surface area contributed by atoms with Crippen LogP contribution in [-0.4, -0.2) is 41.2 Å². The summed E-state index contributed by atoms with van der Waals surface area (Å²) in [4.78, 5) is 6.50. The molecule has 1 aliphatic heterocycles. The average Bonchev–Trinajstić information content (AvgIpc) is 2.25. The van der Waals surface area contributed by atoms with Crippen LogP contribution in [0.5, 0.6) is 0 Å². The van der Waals surface area contributed by atoms with Crippen molar-refractivity contribution in [3.05, 3.63) is 29.6 Å². The number of nitrogens with zero attached hydrogens (tertiary/aromatic N) is 3. The molecule has 1 aromatic heterocycles. The van der Waals surface area contributed by atoms with Crippen molar-refractivity contribution < 1.29 is 4.48 Å². The van der Waals surface area contributed by atoms with Crippen molar-refractivity contribution in [2.24, 2.45) is 0 Å². The van der Waals surface area contributed by atoms with Gasteiger partial charge in [-0.05, 0) is 18.6 Å². The van der Waals surface area contributed by atoms with Crippen molar-refractivity contribution in [2.45, 2.75) is 13.5 Å². The molecule has 0 N–H and O–H groups in total. The van der Waals surface area contributed by atoms with E-state index in [9.17, 15) is 4.48 Å². The highest BCUT2D eigenvalue weighted by Crippen LogP contribution is 2.08. The van der Waals surface area contributed by atoms with E-state index >= 15 is 0 Å². The summed E-state index contributed by atoms with van der Waals surface area (Å²) in [6, 6.07) is 4.10.